The molecular weight excluding hydrogens is 203 g/mol. The van der Waals surface area contributed by atoms with Crippen LogP contribution in [0.2, 0.25) is 0 Å². The lowest BCUT2D eigenvalue weighted by atomic mass is 10.4. The standard InChI is InChI=1S/C5H13O7P/c6-1-2-11-3-5(7)4-12-13(8,9)10/h5-7H,1-4H2,(H2,8,9,10)/p-1. The average molecular weight is 215 g/mol. The summed E-state index contributed by atoms with van der Waals surface area (Å²) in [6, 6.07) is 0. The number of phosphoric acid groups is 1. The Morgan fingerprint density at radius 1 is 1.46 bits per heavy atom. The highest BCUT2D eigenvalue weighted by Gasteiger charge is 2.08. The van der Waals surface area contributed by atoms with Crippen molar-refractivity contribution in [3.05, 3.63) is 0 Å². The van der Waals surface area contributed by atoms with Crippen LogP contribution in [0.5, 0.6) is 0 Å². The second-order valence-corrected chi connectivity index (χ2v) is 3.41. The molecule has 2 atom stereocenters. The highest BCUT2D eigenvalue weighted by molar-refractivity contribution is 7.44. The van der Waals surface area contributed by atoms with E-state index in [0.29, 0.717) is 0 Å². The van der Waals surface area contributed by atoms with Crippen LogP contribution in [0.3, 0.4) is 0 Å². The van der Waals surface area contributed by atoms with Crippen LogP contribution in [0.4, 0.5) is 0 Å². The number of phosphoric ester groups is 1. The molecule has 0 aliphatic heterocycles. The number of ether oxygens (including phenoxy) is 1. The number of hydrogen-bond donors (Lipinski definition) is 3. The van der Waals surface area contributed by atoms with Crippen molar-refractivity contribution < 1.29 is 33.8 Å². The van der Waals surface area contributed by atoms with Crippen molar-refractivity contribution in [1.82, 2.24) is 0 Å². The molecule has 0 aromatic heterocycles. The largest absolute Gasteiger partial charge is 0.756 e. The number of aliphatic hydroxyl groups is 2. The van der Waals surface area contributed by atoms with E-state index in [2.05, 4.69) is 9.26 Å². The first-order valence-electron chi connectivity index (χ1n) is 3.50. The molecule has 0 aromatic rings. The van der Waals surface area contributed by atoms with Crippen LogP contribution in [0.1, 0.15) is 0 Å². The Bertz CT molecular complexity index is 166. The molecule has 2 unspecified atom stereocenters. The second-order valence-electron chi connectivity index (χ2n) is 2.22. The first kappa shape index (κ1) is 13.0. The van der Waals surface area contributed by atoms with Crippen LogP contribution in [0.15, 0.2) is 0 Å². The van der Waals surface area contributed by atoms with Crippen LogP contribution < -0.4 is 4.89 Å². The van der Waals surface area contributed by atoms with E-state index in [0.717, 1.165) is 0 Å². The van der Waals surface area contributed by atoms with Gasteiger partial charge >= 0.3 is 0 Å². The quantitative estimate of drug-likeness (QED) is 0.326. The predicted octanol–water partition coefficient (Wildman–Crippen LogP) is -2.17. The summed E-state index contributed by atoms with van der Waals surface area (Å²) in [4.78, 5) is 18.2. The zero-order valence-corrected chi connectivity index (χ0v) is 7.72. The summed E-state index contributed by atoms with van der Waals surface area (Å²) in [5, 5.41) is 17.2. The van der Waals surface area contributed by atoms with Crippen molar-refractivity contribution in [2.24, 2.45) is 0 Å². The molecule has 0 aliphatic rings. The van der Waals surface area contributed by atoms with Gasteiger partial charge in [-0.2, -0.15) is 0 Å². The minimum Gasteiger partial charge on any atom is -0.756 e. The van der Waals surface area contributed by atoms with Gasteiger partial charge < -0.3 is 29.3 Å². The highest BCUT2D eigenvalue weighted by Crippen LogP contribution is 2.29. The maximum atomic E-state index is 10.0. The van der Waals surface area contributed by atoms with Gasteiger partial charge in [-0.15, -0.1) is 0 Å². The van der Waals surface area contributed by atoms with Gasteiger partial charge in [0.15, 0.2) is 0 Å². The summed E-state index contributed by atoms with van der Waals surface area (Å²) >= 11 is 0. The van der Waals surface area contributed by atoms with Gasteiger partial charge in [0, 0.05) is 0 Å². The molecule has 0 rings (SSSR count). The van der Waals surface area contributed by atoms with Gasteiger partial charge in [-0.25, -0.2) is 0 Å². The zero-order chi connectivity index (χ0) is 10.3. The van der Waals surface area contributed by atoms with Crippen molar-refractivity contribution in [2.45, 2.75) is 6.10 Å². The topological polar surface area (TPSA) is 119 Å². The van der Waals surface area contributed by atoms with Crippen molar-refractivity contribution in [3.8, 4) is 0 Å². The molecule has 0 aliphatic carbocycles. The lowest BCUT2D eigenvalue weighted by Crippen LogP contribution is -2.23. The average Bonchev–Trinajstić information content (AvgIpc) is 2.00. The van der Waals surface area contributed by atoms with Crippen LogP contribution in [-0.4, -0.2) is 47.6 Å². The normalized spacial score (nSPS) is 18.2. The summed E-state index contributed by atoms with van der Waals surface area (Å²) in [5.41, 5.74) is 0. The Labute approximate surface area is 75.2 Å². The predicted molar refractivity (Wildman–Crippen MR) is 39.7 cm³/mol. The molecule has 0 aromatic carbocycles. The van der Waals surface area contributed by atoms with Crippen molar-refractivity contribution in [2.75, 3.05) is 26.4 Å². The van der Waals surface area contributed by atoms with E-state index in [1.165, 1.54) is 0 Å². The lowest BCUT2D eigenvalue weighted by molar-refractivity contribution is -0.222. The Morgan fingerprint density at radius 3 is 2.54 bits per heavy atom. The van der Waals surface area contributed by atoms with Gasteiger partial charge in [0.25, 0.3) is 7.82 Å². The smallest absolute Gasteiger partial charge is 0.265 e. The molecule has 13 heavy (non-hydrogen) atoms. The van der Waals surface area contributed by atoms with E-state index >= 15 is 0 Å². The summed E-state index contributed by atoms with van der Waals surface area (Å²) in [5.74, 6) is 0. The number of rotatable bonds is 7. The Kier molecular flexibility index (Phi) is 6.44. The molecule has 0 fully saturated rings. The van der Waals surface area contributed by atoms with E-state index in [9.17, 15) is 9.46 Å². The zero-order valence-electron chi connectivity index (χ0n) is 6.83. The van der Waals surface area contributed by atoms with Gasteiger partial charge in [0.05, 0.1) is 26.4 Å². The highest BCUT2D eigenvalue weighted by atomic mass is 31.2. The van der Waals surface area contributed by atoms with E-state index < -0.39 is 20.5 Å². The molecule has 0 saturated carbocycles. The SMILES string of the molecule is O=P([O-])(O)OCC(O)COCCO. The summed E-state index contributed by atoms with van der Waals surface area (Å²) in [7, 11) is -4.77. The lowest BCUT2D eigenvalue weighted by Gasteiger charge is -2.18. The molecule has 3 N–H and O–H groups in total. The van der Waals surface area contributed by atoms with Gasteiger partial charge in [-0.05, 0) is 0 Å². The third-order valence-corrected chi connectivity index (χ3v) is 1.45. The third kappa shape index (κ3) is 9.91. The Morgan fingerprint density at radius 2 is 2.08 bits per heavy atom. The molecular formula is C5H12O7P-. The molecule has 0 saturated heterocycles. The fourth-order valence-electron chi connectivity index (χ4n) is 0.512. The van der Waals surface area contributed by atoms with Crippen LogP contribution in [0, 0.1) is 0 Å². The minimum atomic E-state index is -4.77. The number of hydrogen-bond acceptors (Lipinski definition) is 6. The molecule has 0 bridgehead atoms. The van der Waals surface area contributed by atoms with Crippen LogP contribution >= 0.6 is 7.82 Å². The molecule has 0 radical (unpaired) electrons. The third-order valence-electron chi connectivity index (χ3n) is 0.976. The second kappa shape index (κ2) is 6.44. The molecule has 8 heteroatoms. The van der Waals surface area contributed by atoms with Crippen molar-refractivity contribution >= 4 is 7.82 Å². The monoisotopic (exact) mass is 215 g/mol. The molecule has 0 spiro atoms. The Balaban J connectivity index is 3.40. The van der Waals surface area contributed by atoms with Crippen molar-refractivity contribution in [1.29, 1.82) is 0 Å². The van der Waals surface area contributed by atoms with Crippen molar-refractivity contribution in [3.63, 3.8) is 0 Å². The van der Waals surface area contributed by atoms with E-state index in [1.807, 2.05) is 0 Å². The van der Waals surface area contributed by atoms with E-state index in [1.54, 1.807) is 0 Å². The molecule has 0 amide bonds. The van der Waals surface area contributed by atoms with Gasteiger partial charge in [-0.3, -0.25) is 4.57 Å². The van der Waals surface area contributed by atoms with E-state index in [4.69, 9.17) is 15.1 Å². The van der Waals surface area contributed by atoms with Gasteiger partial charge in [0.2, 0.25) is 0 Å². The first-order valence-corrected chi connectivity index (χ1v) is 5.00. The van der Waals surface area contributed by atoms with Gasteiger partial charge in [-0.1, -0.05) is 0 Å². The Hall–Kier alpha value is -0.0100. The number of aliphatic hydroxyl groups excluding tert-OH is 2. The van der Waals surface area contributed by atoms with E-state index in [-0.39, 0.29) is 19.8 Å². The minimum absolute atomic E-state index is 0.0468. The van der Waals surface area contributed by atoms with Crippen LogP contribution in [-0.2, 0) is 13.8 Å². The molecule has 0 heterocycles. The summed E-state index contributed by atoms with van der Waals surface area (Å²) < 4.78 is 18.6. The molecule has 7 nitrogen and oxygen atoms in total. The molecule has 80 valence electrons. The van der Waals surface area contributed by atoms with Crippen LogP contribution in [0.25, 0.3) is 0 Å². The fourth-order valence-corrected chi connectivity index (χ4v) is 0.873. The maximum absolute atomic E-state index is 10.0. The van der Waals surface area contributed by atoms with Gasteiger partial charge in [0.1, 0.15) is 6.10 Å². The summed E-state index contributed by atoms with van der Waals surface area (Å²) in [6.45, 7) is -0.873. The maximum Gasteiger partial charge on any atom is 0.265 e. The fraction of sp³-hybridized carbons (Fsp3) is 1.00. The first-order chi connectivity index (χ1) is 5.95. The summed E-state index contributed by atoms with van der Waals surface area (Å²) in [6.07, 6.45) is -1.15.